The van der Waals surface area contributed by atoms with Crippen molar-refractivity contribution in [3.05, 3.63) is 0 Å². The van der Waals surface area contributed by atoms with Crippen LogP contribution in [0.4, 0.5) is 0 Å². The van der Waals surface area contributed by atoms with Crippen LogP contribution in [-0.4, -0.2) is 30.4 Å². The van der Waals surface area contributed by atoms with Gasteiger partial charge >= 0.3 is 46.6 Å². The van der Waals surface area contributed by atoms with Gasteiger partial charge in [0.2, 0.25) is 0 Å². The van der Waals surface area contributed by atoms with E-state index in [0.717, 1.165) is 0 Å². The second-order valence-electron chi connectivity index (χ2n) is 0.217. The molecule has 0 saturated carbocycles. The van der Waals surface area contributed by atoms with Gasteiger partial charge < -0.3 is 9.11 Å². The molecule has 0 fully saturated rings. The zero-order chi connectivity index (χ0) is 3.58. The average molecular weight is 185 g/mol. The zero-order valence-electron chi connectivity index (χ0n) is 3.17. The molecular weight excluding hydrogens is 182 g/mol. The van der Waals surface area contributed by atoms with E-state index < -0.39 is 11.4 Å². The Morgan fingerprint density at radius 3 is 1.67 bits per heavy atom. The van der Waals surface area contributed by atoms with Crippen LogP contribution in [0, 0.1) is 0 Å². The number of hydrogen-bond donors (Lipinski definition) is 1. The molecule has 1 unspecified atom stereocenters. The van der Waals surface area contributed by atoms with Crippen LogP contribution in [0.2, 0.25) is 0 Å². The van der Waals surface area contributed by atoms with E-state index in [9.17, 15) is 0 Å². The summed E-state index contributed by atoms with van der Waals surface area (Å²) in [5.41, 5.74) is 0. The summed E-state index contributed by atoms with van der Waals surface area (Å²) >= 11 is -2.86. The topological polar surface area (TPSA) is 60.4 Å². The van der Waals surface area contributed by atoms with Gasteiger partial charge in [-0.15, -0.1) is 0 Å². The van der Waals surface area contributed by atoms with E-state index in [0.29, 0.717) is 0 Å². The Labute approximate surface area is 70.8 Å². The summed E-state index contributed by atoms with van der Waals surface area (Å²) in [7, 11) is 0. The van der Waals surface area contributed by atoms with Gasteiger partial charge in [-0.3, -0.25) is 0 Å². The summed E-state index contributed by atoms with van der Waals surface area (Å²) < 4.78 is 24.1. The Balaban J connectivity index is -0.0000000450. The minimum atomic E-state index is -2.86. The first-order valence-electron chi connectivity index (χ1n) is 0.516. The molecule has 0 aromatic heterocycles. The molecule has 0 aromatic rings. The van der Waals surface area contributed by atoms with Crippen molar-refractivity contribution in [2.75, 3.05) is 0 Å². The van der Waals surface area contributed by atoms with E-state index in [2.05, 4.69) is 0 Å². The summed E-state index contributed by atoms with van der Waals surface area (Å²) in [6, 6.07) is 0. The first kappa shape index (κ1) is 15.6. The van der Waals surface area contributed by atoms with Crippen molar-refractivity contribution in [1.29, 1.82) is 0 Å². The van der Waals surface area contributed by atoms with Crippen LogP contribution in [0.5, 0.6) is 0 Å². The molecule has 0 aliphatic carbocycles. The monoisotopic (exact) mass is 186 g/mol. The van der Waals surface area contributed by atoms with Crippen molar-refractivity contribution in [3.63, 3.8) is 0 Å². The summed E-state index contributed by atoms with van der Waals surface area (Å²) in [6.45, 7) is 0. The fourth-order valence-corrected chi connectivity index (χ4v) is 0. The van der Waals surface area contributed by atoms with Gasteiger partial charge in [0.05, 0.1) is 11.4 Å². The summed E-state index contributed by atoms with van der Waals surface area (Å²) in [5, 5.41) is 0. The molecular formula is H3NaO3SSe. The Kier molecular flexibility index (Phi) is 25.5. The Hall–Kier alpha value is 1.59. The molecule has 0 bridgehead atoms. The van der Waals surface area contributed by atoms with Gasteiger partial charge in [0.15, 0.2) is 0 Å². The Bertz CT molecular complexity index is 33.8. The molecule has 3 nitrogen and oxygen atoms in total. The predicted molar refractivity (Wildman–Crippen MR) is 20.1 cm³/mol. The third kappa shape index (κ3) is 46.6. The van der Waals surface area contributed by atoms with Crippen molar-refractivity contribution in [1.82, 2.24) is 0 Å². The average Bonchev–Trinajstić information content (AvgIpc) is 0.811. The van der Waals surface area contributed by atoms with Gasteiger partial charge in [-0.2, -0.15) is 0 Å². The molecule has 0 spiro atoms. The van der Waals surface area contributed by atoms with Crippen LogP contribution in [0.3, 0.4) is 0 Å². The quantitative estimate of drug-likeness (QED) is 0.305. The standard InChI is InChI=1S/Na.H2O3S.H2Se/c;1-4(2)3;/h;(H2,1,2,3);1H2/q+1;;/p-1. The first-order chi connectivity index (χ1) is 1.73. The molecule has 6 heteroatoms. The first-order valence-corrected chi connectivity index (χ1v) is 1.55. The molecule has 0 saturated heterocycles. The van der Waals surface area contributed by atoms with Gasteiger partial charge in [-0.05, 0) is 0 Å². The van der Waals surface area contributed by atoms with Crippen LogP contribution in [0.15, 0.2) is 0 Å². The molecule has 0 aromatic carbocycles. The maximum absolute atomic E-state index is 8.56. The van der Waals surface area contributed by atoms with Crippen LogP contribution in [0.25, 0.3) is 0 Å². The third-order valence-corrected chi connectivity index (χ3v) is 0. The van der Waals surface area contributed by atoms with Crippen molar-refractivity contribution in [2.24, 2.45) is 0 Å². The maximum atomic E-state index is 8.56. The second-order valence-corrected chi connectivity index (χ2v) is 0.651. The molecule has 0 aliphatic heterocycles. The second kappa shape index (κ2) is 9.77. The summed E-state index contributed by atoms with van der Waals surface area (Å²) in [5.74, 6) is 0. The molecule has 0 heterocycles. The normalized spacial score (nSPS) is 10.3. The van der Waals surface area contributed by atoms with Crippen LogP contribution in [0.1, 0.15) is 0 Å². The molecule has 0 aliphatic rings. The van der Waals surface area contributed by atoms with Gasteiger partial charge in [0.25, 0.3) is 0 Å². The molecule has 0 amide bonds. The van der Waals surface area contributed by atoms with Gasteiger partial charge in [0.1, 0.15) is 0 Å². The summed E-state index contributed by atoms with van der Waals surface area (Å²) in [6.07, 6.45) is 0. The molecule has 1 N–H and O–H groups in total. The third-order valence-electron chi connectivity index (χ3n) is 0. The molecule has 34 valence electrons. The van der Waals surface area contributed by atoms with E-state index in [1.807, 2.05) is 0 Å². The fraction of sp³-hybridized carbons (Fsp3) is 0. The van der Waals surface area contributed by atoms with Gasteiger partial charge in [-0.25, -0.2) is 4.21 Å². The number of rotatable bonds is 0. The Morgan fingerprint density at radius 2 is 1.67 bits per heavy atom. The van der Waals surface area contributed by atoms with Crippen LogP contribution >= 0.6 is 0 Å². The van der Waals surface area contributed by atoms with Crippen molar-refractivity contribution in [2.45, 2.75) is 0 Å². The fourth-order valence-electron chi connectivity index (χ4n) is 0. The zero-order valence-corrected chi connectivity index (χ0v) is 8.09. The van der Waals surface area contributed by atoms with E-state index >= 15 is 0 Å². The van der Waals surface area contributed by atoms with Crippen LogP contribution < -0.4 is 29.6 Å². The van der Waals surface area contributed by atoms with E-state index in [1.54, 1.807) is 0 Å². The van der Waals surface area contributed by atoms with E-state index in [1.165, 1.54) is 0 Å². The SMILES string of the molecule is O=S([O-])O.[Na+].[SeH2]. The molecule has 0 radical (unpaired) electrons. The van der Waals surface area contributed by atoms with Crippen molar-refractivity contribution >= 4 is 28.4 Å². The predicted octanol–water partition coefficient (Wildman–Crippen LogP) is -4.57. The van der Waals surface area contributed by atoms with Crippen molar-refractivity contribution < 1.29 is 42.9 Å². The molecule has 6 heavy (non-hydrogen) atoms. The van der Waals surface area contributed by atoms with E-state index in [4.69, 9.17) is 13.3 Å². The van der Waals surface area contributed by atoms with Gasteiger partial charge in [0, 0.05) is 0 Å². The number of hydrogen-bond acceptors (Lipinski definition) is 2. The van der Waals surface area contributed by atoms with Crippen LogP contribution in [-0.2, 0) is 11.4 Å². The summed E-state index contributed by atoms with van der Waals surface area (Å²) in [4.78, 5) is 0. The van der Waals surface area contributed by atoms with Crippen molar-refractivity contribution in [3.8, 4) is 0 Å². The molecule has 1 atom stereocenters. The minimum absolute atomic E-state index is 0. The van der Waals surface area contributed by atoms with Gasteiger partial charge in [-0.1, -0.05) is 0 Å². The Morgan fingerprint density at radius 1 is 1.67 bits per heavy atom. The van der Waals surface area contributed by atoms with E-state index in [-0.39, 0.29) is 46.6 Å². The molecule has 0 rings (SSSR count).